The monoisotopic (exact) mass is 237 g/mol. The third kappa shape index (κ3) is 4.38. The molecule has 5 heteroatoms. The van der Waals surface area contributed by atoms with Gasteiger partial charge < -0.3 is 10.1 Å². The number of unbranched alkanes of at least 4 members (excludes halogenated alkanes) is 2. The van der Waals surface area contributed by atoms with Gasteiger partial charge in [0.1, 0.15) is 5.82 Å². The third-order valence-corrected chi connectivity index (χ3v) is 2.31. The maximum absolute atomic E-state index is 11.3. The molecule has 1 N–H and O–H groups in total. The van der Waals surface area contributed by atoms with Gasteiger partial charge in [-0.15, -0.1) is 0 Å². The number of esters is 1. The highest BCUT2D eigenvalue weighted by Crippen LogP contribution is 2.07. The highest BCUT2D eigenvalue weighted by molar-refractivity contribution is 5.85. The summed E-state index contributed by atoms with van der Waals surface area (Å²) in [4.78, 5) is 19.4. The van der Waals surface area contributed by atoms with Gasteiger partial charge in [-0.05, 0) is 13.3 Å². The second kappa shape index (κ2) is 6.83. The number of carbonyl (C=O) groups excluding carboxylic acids is 1. The van der Waals surface area contributed by atoms with E-state index in [9.17, 15) is 4.79 Å². The molecule has 1 rings (SSSR count). The van der Waals surface area contributed by atoms with Crippen molar-refractivity contribution in [1.29, 1.82) is 0 Å². The van der Waals surface area contributed by atoms with E-state index < -0.39 is 5.97 Å². The smallest absolute Gasteiger partial charge is 0.376 e. The van der Waals surface area contributed by atoms with Gasteiger partial charge in [0.2, 0.25) is 5.82 Å². The molecule has 0 aliphatic heterocycles. The van der Waals surface area contributed by atoms with Gasteiger partial charge in [0.05, 0.1) is 7.11 Å². The van der Waals surface area contributed by atoms with Gasteiger partial charge in [0, 0.05) is 18.3 Å². The zero-order chi connectivity index (χ0) is 12.7. The molecule has 1 aromatic heterocycles. The lowest BCUT2D eigenvalue weighted by Gasteiger charge is -2.07. The van der Waals surface area contributed by atoms with Crippen molar-refractivity contribution in [2.24, 2.45) is 0 Å². The summed E-state index contributed by atoms with van der Waals surface area (Å²) in [7, 11) is 1.32. The molecule has 0 radical (unpaired) electrons. The number of nitrogens with one attached hydrogen (secondary N) is 1. The van der Waals surface area contributed by atoms with E-state index >= 15 is 0 Å². The minimum Gasteiger partial charge on any atom is -0.463 e. The normalized spacial score (nSPS) is 10.1. The minimum absolute atomic E-state index is 0.102. The van der Waals surface area contributed by atoms with Crippen LogP contribution in [0.2, 0.25) is 0 Å². The van der Waals surface area contributed by atoms with Gasteiger partial charge in [0.25, 0.3) is 0 Å². The lowest BCUT2D eigenvalue weighted by Crippen LogP contribution is -2.11. The summed E-state index contributed by atoms with van der Waals surface area (Å²) in [6.07, 6.45) is 3.45. The van der Waals surface area contributed by atoms with E-state index in [1.54, 1.807) is 0 Å². The SMILES string of the molecule is CCCCCNc1cc(C)nc(C(=O)OC)n1. The van der Waals surface area contributed by atoms with Crippen LogP contribution < -0.4 is 5.32 Å². The van der Waals surface area contributed by atoms with Crippen LogP contribution in [-0.2, 0) is 4.74 Å². The molecule has 94 valence electrons. The van der Waals surface area contributed by atoms with Crippen LogP contribution in [0.3, 0.4) is 0 Å². The summed E-state index contributed by atoms with van der Waals surface area (Å²) in [5.74, 6) is 0.268. The van der Waals surface area contributed by atoms with E-state index in [0.717, 1.165) is 18.7 Å². The Balaban J connectivity index is 2.65. The molecule has 0 saturated heterocycles. The first-order valence-electron chi connectivity index (χ1n) is 5.85. The molecule has 0 aliphatic carbocycles. The first-order chi connectivity index (χ1) is 8.17. The van der Waals surface area contributed by atoms with Gasteiger partial charge in [-0.3, -0.25) is 0 Å². The Labute approximate surface area is 102 Å². The van der Waals surface area contributed by atoms with Crippen LogP contribution in [0.5, 0.6) is 0 Å². The molecule has 1 heterocycles. The fraction of sp³-hybridized carbons (Fsp3) is 0.583. The fourth-order valence-corrected chi connectivity index (χ4v) is 1.43. The van der Waals surface area contributed by atoms with Crippen molar-refractivity contribution < 1.29 is 9.53 Å². The minimum atomic E-state index is -0.509. The maximum Gasteiger partial charge on any atom is 0.376 e. The number of carbonyl (C=O) groups is 1. The Hall–Kier alpha value is -1.65. The second-order valence-corrected chi connectivity index (χ2v) is 3.84. The van der Waals surface area contributed by atoms with Crippen molar-refractivity contribution in [3.05, 3.63) is 17.6 Å². The predicted molar refractivity (Wildman–Crippen MR) is 66.1 cm³/mol. The largest absolute Gasteiger partial charge is 0.463 e. The first kappa shape index (κ1) is 13.4. The summed E-state index contributed by atoms with van der Waals surface area (Å²) in [6, 6.07) is 1.82. The molecule has 0 saturated carbocycles. The number of hydrogen-bond acceptors (Lipinski definition) is 5. The van der Waals surface area contributed by atoms with Crippen LogP contribution in [-0.4, -0.2) is 29.6 Å². The van der Waals surface area contributed by atoms with Crippen LogP contribution in [0.25, 0.3) is 0 Å². The van der Waals surface area contributed by atoms with Gasteiger partial charge >= 0.3 is 5.97 Å². The van der Waals surface area contributed by atoms with Crippen molar-refractivity contribution in [1.82, 2.24) is 9.97 Å². The van der Waals surface area contributed by atoms with E-state index in [2.05, 4.69) is 26.9 Å². The number of aromatic nitrogens is 2. The first-order valence-corrected chi connectivity index (χ1v) is 5.85. The van der Waals surface area contributed by atoms with Crippen LogP contribution in [0.1, 0.15) is 42.5 Å². The van der Waals surface area contributed by atoms with Crippen LogP contribution in [0.4, 0.5) is 5.82 Å². The molecule has 1 aromatic rings. The van der Waals surface area contributed by atoms with Crippen LogP contribution in [0.15, 0.2) is 6.07 Å². The molecule has 0 unspecified atom stereocenters. The van der Waals surface area contributed by atoms with Crippen molar-refractivity contribution in [3.8, 4) is 0 Å². The maximum atomic E-state index is 11.3. The van der Waals surface area contributed by atoms with E-state index in [-0.39, 0.29) is 5.82 Å². The highest BCUT2D eigenvalue weighted by Gasteiger charge is 2.10. The second-order valence-electron chi connectivity index (χ2n) is 3.84. The van der Waals surface area contributed by atoms with E-state index in [1.807, 2.05) is 13.0 Å². The molecule has 5 nitrogen and oxygen atoms in total. The lowest BCUT2D eigenvalue weighted by atomic mass is 10.2. The lowest BCUT2D eigenvalue weighted by molar-refractivity contribution is 0.0586. The quantitative estimate of drug-likeness (QED) is 0.607. The highest BCUT2D eigenvalue weighted by atomic mass is 16.5. The third-order valence-electron chi connectivity index (χ3n) is 2.31. The molecule has 0 fully saturated rings. The summed E-state index contributed by atoms with van der Waals surface area (Å²) in [5.41, 5.74) is 0.749. The van der Waals surface area contributed by atoms with Crippen molar-refractivity contribution in [3.63, 3.8) is 0 Å². The molecule has 0 aromatic carbocycles. The number of nitrogens with zero attached hydrogens (tertiary/aromatic N) is 2. The van der Waals surface area contributed by atoms with E-state index in [4.69, 9.17) is 0 Å². The average Bonchev–Trinajstić information content (AvgIpc) is 2.33. The molecular formula is C12H19N3O2. The number of aryl methyl sites for hydroxylation is 1. The van der Waals surface area contributed by atoms with Crippen LogP contribution >= 0.6 is 0 Å². The Morgan fingerprint density at radius 1 is 1.41 bits per heavy atom. The number of ether oxygens (including phenoxy) is 1. The Morgan fingerprint density at radius 2 is 2.18 bits per heavy atom. The Kier molecular flexibility index (Phi) is 5.39. The molecule has 0 bridgehead atoms. The standard InChI is InChI=1S/C12H19N3O2/c1-4-5-6-7-13-10-8-9(2)14-11(15-10)12(16)17-3/h8H,4-7H2,1-3H3,(H,13,14,15). The summed E-state index contributed by atoms with van der Waals surface area (Å²) >= 11 is 0. The van der Waals surface area contributed by atoms with Crippen molar-refractivity contribution in [2.45, 2.75) is 33.1 Å². The zero-order valence-corrected chi connectivity index (χ0v) is 10.6. The molecular weight excluding hydrogens is 218 g/mol. The summed E-state index contributed by atoms with van der Waals surface area (Å²) in [6.45, 7) is 4.83. The number of hydrogen-bond donors (Lipinski definition) is 1. The summed E-state index contributed by atoms with van der Waals surface area (Å²) in [5, 5.41) is 3.18. The zero-order valence-electron chi connectivity index (χ0n) is 10.6. The molecule has 0 aliphatic rings. The molecule has 0 amide bonds. The van der Waals surface area contributed by atoms with Gasteiger partial charge in [0.15, 0.2) is 0 Å². The van der Waals surface area contributed by atoms with Gasteiger partial charge in [-0.25, -0.2) is 14.8 Å². The van der Waals surface area contributed by atoms with Crippen molar-refractivity contribution in [2.75, 3.05) is 19.0 Å². The Bertz CT molecular complexity index is 380. The van der Waals surface area contributed by atoms with Crippen LogP contribution in [0, 0.1) is 6.92 Å². The molecule has 17 heavy (non-hydrogen) atoms. The fourth-order valence-electron chi connectivity index (χ4n) is 1.43. The van der Waals surface area contributed by atoms with E-state index in [0.29, 0.717) is 5.82 Å². The molecule has 0 spiro atoms. The van der Waals surface area contributed by atoms with Gasteiger partial charge in [-0.2, -0.15) is 0 Å². The van der Waals surface area contributed by atoms with Crippen molar-refractivity contribution >= 4 is 11.8 Å². The number of rotatable bonds is 6. The predicted octanol–water partition coefficient (Wildman–Crippen LogP) is 2.17. The number of methoxy groups -OCH3 is 1. The van der Waals surface area contributed by atoms with E-state index in [1.165, 1.54) is 20.0 Å². The van der Waals surface area contributed by atoms with Gasteiger partial charge in [-0.1, -0.05) is 19.8 Å². The molecule has 0 atom stereocenters. The topological polar surface area (TPSA) is 64.1 Å². The summed E-state index contributed by atoms with van der Waals surface area (Å²) < 4.78 is 4.60. The Morgan fingerprint density at radius 3 is 2.82 bits per heavy atom. The number of anilines is 1. The average molecular weight is 237 g/mol.